The molecule has 1 aromatic carbocycles. The topological polar surface area (TPSA) is 110 Å². The monoisotopic (exact) mass is 545 g/mol. The van der Waals surface area contributed by atoms with E-state index in [1.54, 1.807) is 18.3 Å². The molecule has 158 valence electrons. The van der Waals surface area contributed by atoms with Crippen molar-refractivity contribution in [1.82, 2.24) is 15.0 Å². The lowest BCUT2D eigenvalue weighted by atomic mass is 10.1. The van der Waals surface area contributed by atoms with Gasteiger partial charge in [-0.3, -0.25) is 4.98 Å². The summed E-state index contributed by atoms with van der Waals surface area (Å²) in [6.45, 7) is 5.52. The van der Waals surface area contributed by atoms with Gasteiger partial charge >= 0.3 is 5.97 Å². The van der Waals surface area contributed by atoms with Crippen LogP contribution in [0.3, 0.4) is 0 Å². The molecule has 0 radical (unpaired) electrons. The van der Waals surface area contributed by atoms with Crippen LogP contribution in [0.15, 0.2) is 33.3 Å². The number of nitrogens with one attached hydrogen (secondary N) is 1. The number of hydrogen-bond donors (Lipinski definition) is 1. The van der Waals surface area contributed by atoms with Gasteiger partial charge in [-0.25, -0.2) is 9.78 Å². The molecule has 8 nitrogen and oxygen atoms in total. The van der Waals surface area contributed by atoms with Crippen LogP contribution in [0.2, 0.25) is 0 Å². The first-order valence-corrected chi connectivity index (χ1v) is 10.6. The van der Waals surface area contributed by atoms with Crippen molar-refractivity contribution in [1.29, 1.82) is 5.26 Å². The summed E-state index contributed by atoms with van der Waals surface area (Å²) >= 11 is 6.78. The van der Waals surface area contributed by atoms with Crippen LogP contribution in [0.4, 0.5) is 11.6 Å². The average Bonchev–Trinajstić information content (AvgIpc) is 2.74. The van der Waals surface area contributed by atoms with Crippen molar-refractivity contribution in [3.8, 4) is 17.7 Å². The lowest BCUT2D eigenvalue weighted by molar-refractivity contribution is 0.0592. The standard InChI is InChI=1S/C21H17Br2N5O3/c1-10-5-13(8-24)6-11(2)18(10)31-19-16(23)17(20(29)30-4)27-21(28-19)26-14-7-15(22)12(3)25-9-14/h5-7,9H,1-4H3,(H,26,27,28). The van der Waals surface area contributed by atoms with Gasteiger partial charge in [-0.15, -0.1) is 0 Å². The van der Waals surface area contributed by atoms with Crippen LogP contribution < -0.4 is 10.1 Å². The quantitative estimate of drug-likeness (QED) is 0.417. The molecule has 31 heavy (non-hydrogen) atoms. The molecule has 0 atom stereocenters. The molecular formula is C21H17Br2N5O3. The zero-order chi connectivity index (χ0) is 22.7. The molecule has 0 unspecified atom stereocenters. The van der Waals surface area contributed by atoms with E-state index in [4.69, 9.17) is 14.7 Å². The lowest BCUT2D eigenvalue weighted by Gasteiger charge is -2.15. The number of rotatable bonds is 5. The fourth-order valence-electron chi connectivity index (χ4n) is 2.76. The van der Waals surface area contributed by atoms with Gasteiger partial charge in [-0.05, 0) is 82.0 Å². The van der Waals surface area contributed by atoms with Gasteiger partial charge in [0.05, 0.1) is 36.3 Å². The number of carbonyl (C=O) groups excluding carboxylic acids is 1. The first kappa shape index (κ1) is 22.7. The van der Waals surface area contributed by atoms with Crippen LogP contribution in [-0.4, -0.2) is 28.0 Å². The number of aryl methyl sites for hydroxylation is 3. The van der Waals surface area contributed by atoms with Crippen LogP contribution in [0.5, 0.6) is 11.6 Å². The summed E-state index contributed by atoms with van der Waals surface area (Å²) in [5.74, 6) is 0.117. The highest BCUT2D eigenvalue weighted by molar-refractivity contribution is 9.11. The maximum atomic E-state index is 12.3. The Morgan fingerprint density at radius 1 is 1.13 bits per heavy atom. The van der Waals surface area contributed by atoms with Gasteiger partial charge < -0.3 is 14.8 Å². The first-order chi connectivity index (χ1) is 14.7. The van der Waals surface area contributed by atoms with Crippen LogP contribution >= 0.6 is 31.9 Å². The Balaban J connectivity index is 2.07. The number of ether oxygens (including phenoxy) is 2. The second-order valence-corrected chi connectivity index (χ2v) is 8.22. The maximum absolute atomic E-state index is 12.3. The number of anilines is 2. The summed E-state index contributed by atoms with van der Waals surface area (Å²) in [6, 6.07) is 7.37. The van der Waals surface area contributed by atoms with E-state index in [0.29, 0.717) is 17.0 Å². The number of nitrogens with zero attached hydrogens (tertiary/aromatic N) is 4. The Hall–Kier alpha value is -3.03. The van der Waals surface area contributed by atoms with Gasteiger partial charge in [-0.2, -0.15) is 10.2 Å². The number of pyridine rings is 1. The number of methoxy groups -OCH3 is 1. The number of carbonyl (C=O) groups is 1. The van der Waals surface area contributed by atoms with Crippen LogP contribution in [0.25, 0.3) is 0 Å². The molecule has 0 aliphatic heterocycles. The van der Waals surface area contributed by atoms with E-state index >= 15 is 0 Å². The normalized spacial score (nSPS) is 10.4. The molecule has 0 aliphatic carbocycles. The Labute approximate surface area is 195 Å². The molecule has 0 saturated heterocycles. The van der Waals surface area contributed by atoms with Crippen LogP contribution in [0, 0.1) is 32.1 Å². The molecule has 0 spiro atoms. The third-order valence-electron chi connectivity index (χ3n) is 4.27. The zero-order valence-electron chi connectivity index (χ0n) is 17.1. The second kappa shape index (κ2) is 9.41. The summed E-state index contributed by atoms with van der Waals surface area (Å²) in [4.78, 5) is 25.2. The van der Waals surface area contributed by atoms with Crippen LogP contribution in [-0.2, 0) is 4.74 Å². The average molecular weight is 547 g/mol. The van der Waals surface area contributed by atoms with E-state index < -0.39 is 5.97 Å². The number of benzene rings is 1. The molecule has 2 aromatic heterocycles. The molecule has 10 heteroatoms. The van der Waals surface area contributed by atoms with Gasteiger partial charge in [-0.1, -0.05) is 0 Å². The molecule has 0 aliphatic rings. The molecule has 3 aromatic rings. The highest BCUT2D eigenvalue weighted by Crippen LogP contribution is 2.35. The number of halogens is 2. The summed E-state index contributed by atoms with van der Waals surface area (Å²) in [6.07, 6.45) is 1.62. The van der Waals surface area contributed by atoms with E-state index in [-0.39, 0.29) is 22.0 Å². The number of hydrogen-bond acceptors (Lipinski definition) is 8. The van der Waals surface area contributed by atoms with E-state index in [1.807, 2.05) is 26.8 Å². The van der Waals surface area contributed by atoms with E-state index in [1.165, 1.54) is 7.11 Å². The molecule has 1 N–H and O–H groups in total. The van der Waals surface area contributed by atoms with E-state index in [2.05, 4.69) is 58.2 Å². The molecule has 0 saturated carbocycles. The van der Waals surface area contributed by atoms with Gasteiger partial charge in [0.25, 0.3) is 0 Å². The Bertz CT molecular complexity index is 1200. The molecule has 0 amide bonds. The molecular weight excluding hydrogens is 530 g/mol. The van der Waals surface area contributed by atoms with Crippen molar-refractivity contribution >= 4 is 49.5 Å². The number of esters is 1. The summed E-state index contributed by atoms with van der Waals surface area (Å²) in [7, 11) is 1.26. The molecule has 0 fully saturated rings. The predicted octanol–water partition coefficient (Wildman–Crippen LogP) is 5.52. The minimum atomic E-state index is -0.654. The third kappa shape index (κ3) is 5.00. The van der Waals surface area contributed by atoms with Crippen molar-refractivity contribution in [2.24, 2.45) is 0 Å². The number of nitriles is 1. The smallest absolute Gasteiger partial charge is 0.358 e. The van der Waals surface area contributed by atoms with Crippen molar-refractivity contribution in [3.63, 3.8) is 0 Å². The number of aromatic nitrogens is 3. The van der Waals surface area contributed by atoms with E-state index in [0.717, 1.165) is 21.3 Å². The summed E-state index contributed by atoms with van der Waals surface area (Å²) < 4.78 is 11.9. The first-order valence-electron chi connectivity index (χ1n) is 8.97. The fraction of sp³-hybridized carbons (Fsp3) is 0.190. The largest absolute Gasteiger partial charge is 0.464 e. The fourth-order valence-corrected chi connectivity index (χ4v) is 3.53. The SMILES string of the molecule is COC(=O)c1nc(Nc2cnc(C)c(Br)c2)nc(Oc2c(C)cc(C#N)cc2C)c1Br. The second-order valence-electron chi connectivity index (χ2n) is 6.58. The minimum Gasteiger partial charge on any atom is -0.464 e. The van der Waals surface area contributed by atoms with Crippen molar-refractivity contribution < 1.29 is 14.3 Å². The van der Waals surface area contributed by atoms with Gasteiger partial charge in [0.15, 0.2) is 5.69 Å². The highest BCUT2D eigenvalue weighted by Gasteiger charge is 2.22. The van der Waals surface area contributed by atoms with Gasteiger partial charge in [0.1, 0.15) is 10.2 Å². The van der Waals surface area contributed by atoms with Gasteiger partial charge in [0, 0.05) is 4.47 Å². The van der Waals surface area contributed by atoms with Crippen molar-refractivity contribution in [3.05, 3.63) is 61.4 Å². The van der Waals surface area contributed by atoms with E-state index in [9.17, 15) is 4.79 Å². The van der Waals surface area contributed by atoms with Crippen molar-refractivity contribution in [2.45, 2.75) is 20.8 Å². The van der Waals surface area contributed by atoms with Crippen molar-refractivity contribution in [2.75, 3.05) is 12.4 Å². The molecule has 3 rings (SSSR count). The maximum Gasteiger partial charge on any atom is 0.358 e. The zero-order valence-corrected chi connectivity index (χ0v) is 20.3. The van der Waals surface area contributed by atoms with Gasteiger partial charge in [0.2, 0.25) is 11.8 Å². The summed E-state index contributed by atoms with van der Waals surface area (Å²) in [5, 5.41) is 12.2. The Morgan fingerprint density at radius 2 is 1.81 bits per heavy atom. The lowest BCUT2D eigenvalue weighted by Crippen LogP contribution is -2.11. The highest BCUT2D eigenvalue weighted by atomic mass is 79.9. The van der Waals surface area contributed by atoms with Crippen LogP contribution in [0.1, 0.15) is 32.9 Å². The minimum absolute atomic E-state index is 0.00177. The Morgan fingerprint density at radius 3 is 2.39 bits per heavy atom. The predicted molar refractivity (Wildman–Crippen MR) is 122 cm³/mol. The molecule has 0 bridgehead atoms. The third-order valence-corrected chi connectivity index (χ3v) is 5.79. The summed E-state index contributed by atoms with van der Waals surface area (Å²) in [5.41, 5.74) is 3.48. The Kier molecular flexibility index (Phi) is 6.87. The molecule has 2 heterocycles.